The second-order valence-electron chi connectivity index (χ2n) is 8.00. The number of benzene rings is 2. The molecule has 6 nitrogen and oxygen atoms in total. The zero-order valence-electron chi connectivity index (χ0n) is 20.2. The fraction of sp³-hybridized carbons (Fsp3) is 0.500. The summed E-state index contributed by atoms with van der Waals surface area (Å²) in [7, 11) is 1.82. The van der Waals surface area contributed by atoms with E-state index in [1.165, 1.54) is 0 Å². The van der Waals surface area contributed by atoms with Gasteiger partial charge in [-0.05, 0) is 61.9 Å². The number of nitrogens with zero attached hydrogens (tertiary/aromatic N) is 3. The van der Waals surface area contributed by atoms with Crippen LogP contribution in [0.3, 0.4) is 0 Å². The zero-order chi connectivity index (χ0) is 23.1. The molecule has 1 aromatic heterocycles. The first-order chi connectivity index (χ1) is 15.5. The monoisotopic (exact) mass is 439 g/mol. The van der Waals surface area contributed by atoms with E-state index in [4.69, 9.17) is 9.47 Å². The van der Waals surface area contributed by atoms with E-state index < -0.39 is 0 Å². The molecule has 0 bridgehead atoms. The van der Waals surface area contributed by atoms with Crippen molar-refractivity contribution >= 4 is 21.7 Å². The summed E-state index contributed by atoms with van der Waals surface area (Å²) in [6, 6.07) is 11.8. The third-order valence-electron chi connectivity index (χ3n) is 6.29. The summed E-state index contributed by atoms with van der Waals surface area (Å²) in [5, 5.41) is 2.65. The van der Waals surface area contributed by atoms with E-state index in [1.54, 1.807) is 4.57 Å². The summed E-state index contributed by atoms with van der Waals surface area (Å²) in [6.45, 7) is 15.6. The van der Waals surface area contributed by atoms with Crippen LogP contribution in [0.4, 0.5) is 0 Å². The first kappa shape index (κ1) is 24.1. The molecular formula is C26H37N3O3. The third kappa shape index (κ3) is 5.43. The average Bonchev–Trinajstić information content (AvgIpc) is 2.83. The topological polar surface area (TPSA) is 46.9 Å². The van der Waals surface area contributed by atoms with Crippen molar-refractivity contribution in [1.29, 1.82) is 0 Å². The summed E-state index contributed by atoms with van der Waals surface area (Å²) in [4.78, 5) is 17.8. The van der Waals surface area contributed by atoms with E-state index in [1.807, 2.05) is 43.4 Å². The molecule has 0 unspecified atom stereocenters. The fourth-order valence-corrected chi connectivity index (χ4v) is 4.09. The molecular weight excluding hydrogens is 402 g/mol. The van der Waals surface area contributed by atoms with Gasteiger partial charge in [0.15, 0.2) is 0 Å². The molecule has 0 atom stereocenters. The number of hydrogen-bond acceptors (Lipinski definition) is 5. The Kier molecular flexibility index (Phi) is 8.53. The van der Waals surface area contributed by atoms with Gasteiger partial charge in [-0.2, -0.15) is 0 Å². The minimum Gasteiger partial charge on any atom is -0.492 e. The highest BCUT2D eigenvalue weighted by Gasteiger charge is 2.11. The molecule has 3 aromatic rings. The number of rotatable bonds is 12. The Morgan fingerprint density at radius 3 is 1.75 bits per heavy atom. The predicted molar refractivity (Wildman–Crippen MR) is 133 cm³/mol. The van der Waals surface area contributed by atoms with E-state index in [0.29, 0.717) is 18.6 Å². The van der Waals surface area contributed by atoms with Crippen molar-refractivity contribution in [3.63, 3.8) is 0 Å². The van der Waals surface area contributed by atoms with Crippen molar-refractivity contribution in [3.05, 3.63) is 46.8 Å². The molecule has 1 heterocycles. The molecule has 0 saturated carbocycles. The van der Waals surface area contributed by atoms with Gasteiger partial charge in [0.1, 0.15) is 24.7 Å². The van der Waals surface area contributed by atoms with Gasteiger partial charge in [-0.3, -0.25) is 4.79 Å². The highest BCUT2D eigenvalue weighted by Crippen LogP contribution is 2.28. The number of aromatic nitrogens is 1. The highest BCUT2D eigenvalue weighted by atomic mass is 16.5. The standard InChI is InChI=1S/C26H37N3O3/c1-6-28(7-2)14-16-31-20-10-12-22-23-13-11-21(32-17-15-29(8-3)9-4)19-25(23)27(5)26(30)24(22)18-20/h10-13,18-19H,6-9,14-17H2,1-5H3. The first-order valence-electron chi connectivity index (χ1n) is 11.8. The third-order valence-corrected chi connectivity index (χ3v) is 6.29. The minimum absolute atomic E-state index is 0.0259. The molecule has 0 aliphatic carbocycles. The van der Waals surface area contributed by atoms with Gasteiger partial charge in [-0.25, -0.2) is 0 Å². The Bertz CT molecular complexity index is 1090. The summed E-state index contributed by atoms with van der Waals surface area (Å²) >= 11 is 0. The second kappa shape index (κ2) is 11.3. The molecule has 0 amide bonds. The van der Waals surface area contributed by atoms with Gasteiger partial charge >= 0.3 is 0 Å². The van der Waals surface area contributed by atoms with Crippen LogP contribution in [0.1, 0.15) is 27.7 Å². The van der Waals surface area contributed by atoms with E-state index in [0.717, 1.165) is 67.1 Å². The summed E-state index contributed by atoms with van der Waals surface area (Å²) in [5.41, 5.74) is 0.847. The van der Waals surface area contributed by atoms with Crippen LogP contribution >= 0.6 is 0 Å². The molecule has 0 spiro atoms. The lowest BCUT2D eigenvalue weighted by molar-refractivity contribution is 0.223. The molecule has 0 aliphatic heterocycles. The Morgan fingerprint density at radius 1 is 0.719 bits per heavy atom. The largest absolute Gasteiger partial charge is 0.492 e. The molecule has 0 aliphatic rings. The number of aryl methyl sites for hydroxylation is 1. The van der Waals surface area contributed by atoms with E-state index in [-0.39, 0.29) is 5.56 Å². The lowest BCUT2D eigenvalue weighted by atomic mass is 10.1. The van der Waals surface area contributed by atoms with Crippen molar-refractivity contribution in [2.24, 2.45) is 7.05 Å². The number of pyridine rings is 1. The fourth-order valence-electron chi connectivity index (χ4n) is 4.09. The number of hydrogen-bond donors (Lipinski definition) is 0. The van der Waals surface area contributed by atoms with Crippen molar-refractivity contribution in [3.8, 4) is 11.5 Å². The molecule has 0 radical (unpaired) electrons. The van der Waals surface area contributed by atoms with Crippen LogP contribution in [0.25, 0.3) is 21.7 Å². The minimum atomic E-state index is -0.0259. The average molecular weight is 440 g/mol. The first-order valence-corrected chi connectivity index (χ1v) is 11.8. The quantitative estimate of drug-likeness (QED) is 0.397. The SMILES string of the molecule is CCN(CC)CCOc1ccc2c(c1)c(=O)n(C)c1cc(OCCN(CC)CC)ccc21. The molecule has 32 heavy (non-hydrogen) atoms. The van der Waals surface area contributed by atoms with Gasteiger partial charge in [0, 0.05) is 31.6 Å². The van der Waals surface area contributed by atoms with Crippen molar-refractivity contribution in [1.82, 2.24) is 14.4 Å². The van der Waals surface area contributed by atoms with Gasteiger partial charge in [-0.15, -0.1) is 0 Å². The molecule has 0 fully saturated rings. The lowest BCUT2D eigenvalue weighted by Gasteiger charge is -2.19. The zero-order valence-corrected chi connectivity index (χ0v) is 20.2. The van der Waals surface area contributed by atoms with Gasteiger partial charge in [-0.1, -0.05) is 27.7 Å². The van der Waals surface area contributed by atoms with Gasteiger partial charge < -0.3 is 23.8 Å². The highest BCUT2D eigenvalue weighted by molar-refractivity contribution is 6.06. The maximum atomic E-state index is 13.1. The van der Waals surface area contributed by atoms with Gasteiger partial charge in [0.05, 0.1) is 10.9 Å². The Morgan fingerprint density at radius 2 is 1.22 bits per heavy atom. The number of likely N-dealkylation sites (N-methyl/N-ethyl adjacent to an activating group) is 2. The van der Waals surface area contributed by atoms with Crippen molar-refractivity contribution < 1.29 is 9.47 Å². The van der Waals surface area contributed by atoms with Crippen LogP contribution < -0.4 is 15.0 Å². The molecule has 6 heteroatoms. The molecule has 3 rings (SSSR count). The van der Waals surface area contributed by atoms with Crippen LogP contribution in [0.15, 0.2) is 41.2 Å². The lowest BCUT2D eigenvalue weighted by Crippen LogP contribution is -2.28. The summed E-state index contributed by atoms with van der Waals surface area (Å²) in [6.07, 6.45) is 0. The van der Waals surface area contributed by atoms with Crippen LogP contribution in [0.2, 0.25) is 0 Å². The van der Waals surface area contributed by atoms with Crippen molar-refractivity contribution in [2.45, 2.75) is 27.7 Å². The van der Waals surface area contributed by atoms with Crippen LogP contribution in [-0.4, -0.2) is 66.8 Å². The number of fused-ring (bicyclic) bond motifs is 3. The van der Waals surface area contributed by atoms with E-state index >= 15 is 0 Å². The van der Waals surface area contributed by atoms with Gasteiger partial charge in [0.25, 0.3) is 5.56 Å². The maximum absolute atomic E-state index is 13.1. The molecule has 2 aromatic carbocycles. The van der Waals surface area contributed by atoms with Crippen LogP contribution in [0, 0.1) is 0 Å². The number of ether oxygens (including phenoxy) is 2. The second-order valence-corrected chi connectivity index (χ2v) is 8.00. The Hall–Kier alpha value is -2.57. The Labute approximate surface area is 191 Å². The van der Waals surface area contributed by atoms with E-state index in [9.17, 15) is 4.79 Å². The van der Waals surface area contributed by atoms with Gasteiger partial charge in [0.2, 0.25) is 0 Å². The molecule has 0 N–H and O–H groups in total. The molecule has 174 valence electrons. The summed E-state index contributed by atoms with van der Waals surface area (Å²) in [5.74, 6) is 1.52. The Balaban J connectivity index is 1.83. The van der Waals surface area contributed by atoms with E-state index in [2.05, 4.69) is 37.5 Å². The molecule has 0 saturated heterocycles. The smallest absolute Gasteiger partial charge is 0.258 e. The predicted octanol–water partition coefficient (Wildman–Crippen LogP) is 4.13. The van der Waals surface area contributed by atoms with Crippen LogP contribution in [0.5, 0.6) is 11.5 Å². The maximum Gasteiger partial charge on any atom is 0.258 e. The normalized spacial score (nSPS) is 11.7. The van der Waals surface area contributed by atoms with Crippen molar-refractivity contribution in [2.75, 3.05) is 52.5 Å². The summed E-state index contributed by atoms with van der Waals surface area (Å²) < 4.78 is 13.6. The van der Waals surface area contributed by atoms with Crippen LogP contribution in [-0.2, 0) is 7.05 Å².